The second-order valence-electron chi connectivity index (χ2n) is 5.98. The predicted octanol–water partition coefficient (Wildman–Crippen LogP) is 5.20. The van der Waals surface area contributed by atoms with Gasteiger partial charge in [-0.3, -0.25) is 4.79 Å². The fraction of sp³-hybridized carbons (Fsp3) is 0. The number of nitrogens with one attached hydrogen (secondary N) is 1. The maximum absolute atomic E-state index is 13.1. The van der Waals surface area contributed by atoms with Crippen LogP contribution in [0.3, 0.4) is 0 Å². The number of hydrazone groups is 1. The van der Waals surface area contributed by atoms with E-state index < -0.39 is 0 Å². The number of anilines is 2. The molecule has 0 bridgehead atoms. The van der Waals surface area contributed by atoms with Crippen molar-refractivity contribution in [1.82, 2.24) is 0 Å². The standard InChI is InChI=1S/C22H16BrN3O/c23-17-11-13-19(14-12-17)26-22(27)20(15-24-18-9-5-2-6-10-18)21(25-26)16-7-3-1-4-8-16/h1-15,24H. The first-order chi connectivity index (χ1) is 13.2. The summed E-state index contributed by atoms with van der Waals surface area (Å²) in [5, 5.41) is 9.25. The van der Waals surface area contributed by atoms with E-state index in [4.69, 9.17) is 0 Å². The molecule has 4 rings (SSSR count). The van der Waals surface area contributed by atoms with E-state index in [1.807, 2.05) is 84.9 Å². The maximum atomic E-state index is 13.1. The van der Waals surface area contributed by atoms with Crippen molar-refractivity contribution in [3.05, 3.63) is 107 Å². The normalized spacial score (nSPS) is 15.1. The molecule has 0 fully saturated rings. The molecule has 0 spiro atoms. The van der Waals surface area contributed by atoms with Gasteiger partial charge in [0.25, 0.3) is 5.91 Å². The highest BCUT2D eigenvalue weighted by Gasteiger charge is 2.32. The zero-order valence-corrected chi connectivity index (χ0v) is 15.9. The topological polar surface area (TPSA) is 44.7 Å². The minimum atomic E-state index is -0.167. The number of amides is 1. The molecule has 1 aliphatic heterocycles. The van der Waals surface area contributed by atoms with Gasteiger partial charge in [-0.05, 0) is 36.4 Å². The Hall–Kier alpha value is -3.18. The summed E-state index contributed by atoms with van der Waals surface area (Å²) in [7, 11) is 0. The lowest BCUT2D eigenvalue weighted by molar-refractivity contribution is -0.114. The molecule has 0 saturated carbocycles. The van der Waals surface area contributed by atoms with Gasteiger partial charge in [-0.25, -0.2) is 0 Å². The number of benzene rings is 3. The Bertz CT molecular complexity index is 1010. The van der Waals surface area contributed by atoms with Crippen molar-refractivity contribution >= 4 is 38.9 Å². The molecule has 0 saturated heterocycles. The number of rotatable bonds is 4. The van der Waals surface area contributed by atoms with E-state index in [1.165, 1.54) is 5.01 Å². The number of hydrogen-bond donors (Lipinski definition) is 1. The quantitative estimate of drug-likeness (QED) is 0.593. The van der Waals surface area contributed by atoms with Gasteiger partial charge < -0.3 is 5.32 Å². The van der Waals surface area contributed by atoms with E-state index in [2.05, 4.69) is 26.3 Å². The molecule has 3 aromatic carbocycles. The molecule has 0 atom stereocenters. The Morgan fingerprint density at radius 2 is 1.48 bits per heavy atom. The fourth-order valence-electron chi connectivity index (χ4n) is 2.80. The lowest BCUT2D eigenvalue weighted by Gasteiger charge is -2.11. The second kappa shape index (κ2) is 7.60. The van der Waals surface area contributed by atoms with Crippen LogP contribution in [0.25, 0.3) is 0 Å². The van der Waals surface area contributed by atoms with Crippen LogP contribution in [-0.4, -0.2) is 11.6 Å². The Balaban J connectivity index is 1.73. The van der Waals surface area contributed by atoms with Gasteiger partial charge in [0.1, 0.15) is 5.71 Å². The lowest BCUT2D eigenvalue weighted by Crippen LogP contribution is -2.21. The molecule has 0 aliphatic carbocycles. The summed E-state index contributed by atoms with van der Waals surface area (Å²) < 4.78 is 0.951. The Morgan fingerprint density at radius 3 is 2.15 bits per heavy atom. The SMILES string of the molecule is O=C1C(=CNc2ccccc2)C(c2ccccc2)=NN1c1ccc(Br)cc1. The van der Waals surface area contributed by atoms with E-state index in [1.54, 1.807) is 6.20 Å². The van der Waals surface area contributed by atoms with Gasteiger partial charge in [0, 0.05) is 21.9 Å². The molecule has 0 unspecified atom stereocenters. The summed E-state index contributed by atoms with van der Waals surface area (Å²) in [6.07, 6.45) is 1.72. The number of para-hydroxylation sites is 1. The van der Waals surface area contributed by atoms with Gasteiger partial charge in [0.15, 0.2) is 0 Å². The summed E-state index contributed by atoms with van der Waals surface area (Å²) >= 11 is 3.42. The monoisotopic (exact) mass is 417 g/mol. The van der Waals surface area contributed by atoms with Gasteiger partial charge in [-0.1, -0.05) is 64.5 Å². The van der Waals surface area contributed by atoms with E-state index in [-0.39, 0.29) is 5.91 Å². The lowest BCUT2D eigenvalue weighted by atomic mass is 10.0. The summed E-state index contributed by atoms with van der Waals surface area (Å²) in [5.74, 6) is -0.167. The molecular formula is C22H16BrN3O. The van der Waals surface area contributed by atoms with Crippen molar-refractivity contribution < 1.29 is 4.79 Å². The van der Waals surface area contributed by atoms with Gasteiger partial charge in [0.05, 0.1) is 11.3 Å². The molecule has 3 aromatic rings. The molecule has 5 heteroatoms. The van der Waals surface area contributed by atoms with Gasteiger partial charge in [-0.2, -0.15) is 10.1 Å². The van der Waals surface area contributed by atoms with Crippen LogP contribution in [0.4, 0.5) is 11.4 Å². The summed E-state index contributed by atoms with van der Waals surface area (Å²) in [6, 6.07) is 27.0. The maximum Gasteiger partial charge on any atom is 0.282 e. The second-order valence-corrected chi connectivity index (χ2v) is 6.89. The third-order valence-corrected chi connectivity index (χ3v) is 4.68. The zero-order valence-electron chi connectivity index (χ0n) is 14.3. The van der Waals surface area contributed by atoms with Crippen LogP contribution in [0, 0.1) is 0 Å². The van der Waals surface area contributed by atoms with Gasteiger partial charge in [0.2, 0.25) is 0 Å². The molecule has 4 nitrogen and oxygen atoms in total. The average Bonchev–Trinajstić information content (AvgIpc) is 3.05. The van der Waals surface area contributed by atoms with Gasteiger partial charge in [-0.15, -0.1) is 0 Å². The molecule has 132 valence electrons. The van der Waals surface area contributed by atoms with E-state index >= 15 is 0 Å². The summed E-state index contributed by atoms with van der Waals surface area (Å²) in [6.45, 7) is 0. The highest BCUT2D eigenvalue weighted by atomic mass is 79.9. The number of carbonyl (C=O) groups is 1. The minimum absolute atomic E-state index is 0.167. The Kier molecular flexibility index (Phi) is 4.85. The smallest absolute Gasteiger partial charge is 0.282 e. The van der Waals surface area contributed by atoms with Crippen molar-refractivity contribution in [3.63, 3.8) is 0 Å². The highest BCUT2D eigenvalue weighted by molar-refractivity contribution is 9.10. The van der Waals surface area contributed by atoms with Crippen LogP contribution in [0.5, 0.6) is 0 Å². The third-order valence-electron chi connectivity index (χ3n) is 4.15. The van der Waals surface area contributed by atoms with Crippen LogP contribution in [0.15, 0.2) is 106 Å². The number of halogens is 1. The van der Waals surface area contributed by atoms with E-state index in [9.17, 15) is 4.79 Å². The largest absolute Gasteiger partial charge is 0.361 e. The van der Waals surface area contributed by atoms with Crippen molar-refractivity contribution in [3.8, 4) is 0 Å². The minimum Gasteiger partial charge on any atom is -0.361 e. The number of carbonyl (C=O) groups excluding carboxylic acids is 1. The number of nitrogens with zero attached hydrogens (tertiary/aromatic N) is 2. The van der Waals surface area contributed by atoms with Crippen LogP contribution < -0.4 is 10.3 Å². The van der Waals surface area contributed by atoms with Gasteiger partial charge >= 0.3 is 0 Å². The third kappa shape index (κ3) is 3.68. The van der Waals surface area contributed by atoms with Crippen molar-refractivity contribution in [2.45, 2.75) is 0 Å². The first-order valence-electron chi connectivity index (χ1n) is 8.48. The Morgan fingerprint density at radius 1 is 0.852 bits per heavy atom. The van der Waals surface area contributed by atoms with Crippen molar-refractivity contribution in [1.29, 1.82) is 0 Å². The van der Waals surface area contributed by atoms with E-state index in [0.717, 1.165) is 21.4 Å². The molecule has 1 aliphatic rings. The predicted molar refractivity (Wildman–Crippen MR) is 113 cm³/mol. The first-order valence-corrected chi connectivity index (χ1v) is 9.28. The van der Waals surface area contributed by atoms with Crippen LogP contribution in [-0.2, 0) is 4.79 Å². The van der Waals surface area contributed by atoms with Crippen molar-refractivity contribution in [2.75, 3.05) is 10.3 Å². The van der Waals surface area contributed by atoms with Crippen molar-refractivity contribution in [2.24, 2.45) is 5.10 Å². The Labute approximate surface area is 166 Å². The summed E-state index contributed by atoms with van der Waals surface area (Å²) in [4.78, 5) is 13.1. The first kappa shape index (κ1) is 17.2. The van der Waals surface area contributed by atoms with Crippen LogP contribution in [0.2, 0.25) is 0 Å². The molecular weight excluding hydrogens is 402 g/mol. The van der Waals surface area contributed by atoms with E-state index in [0.29, 0.717) is 11.3 Å². The molecule has 1 amide bonds. The fourth-order valence-corrected chi connectivity index (χ4v) is 3.07. The van der Waals surface area contributed by atoms with Crippen LogP contribution in [0.1, 0.15) is 5.56 Å². The average molecular weight is 418 g/mol. The molecule has 0 radical (unpaired) electrons. The molecule has 27 heavy (non-hydrogen) atoms. The zero-order chi connectivity index (χ0) is 18.6. The number of hydrogen-bond acceptors (Lipinski definition) is 3. The summed E-state index contributed by atoms with van der Waals surface area (Å²) in [5.41, 5.74) is 3.69. The van der Waals surface area contributed by atoms with Crippen LogP contribution >= 0.6 is 15.9 Å². The molecule has 1 heterocycles. The molecule has 0 aromatic heterocycles. The molecule has 1 N–H and O–H groups in total. The highest BCUT2D eigenvalue weighted by Crippen LogP contribution is 2.27.